The Morgan fingerprint density at radius 2 is 2.17 bits per heavy atom. The Morgan fingerprint density at radius 1 is 1.39 bits per heavy atom. The second-order valence-electron chi connectivity index (χ2n) is 5.45. The molecule has 0 amide bonds. The smallest absolute Gasteiger partial charge is 0.0549 e. The zero-order valence-corrected chi connectivity index (χ0v) is 12.8. The molecule has 1 saturated carbocycles. The molecule has 2 fully saturated rings. The second-order valence-corrected chi connectivity index (χ2v) is 6.71. The van der Waals surface area contributed by atoms with E-state index < -0.39 is 0 Å². The van der Waals surface area contributed by atoms with Crippen LogP contribution in [0.25, 0.3) is 0 Å². The van der Waals surface area contributed by atoms with Crippen molar-refractivity contribution in [2.45, 2.75) is 31.8 Å². The lowest BCUT2D eigenvalue weighted by Crippen LogP contribution is -2.56. The Balaban J connectivity index is 1.81. The molecule has 1 heterocycles. The summed E-state index contributed by atoms with van der Waals surface area (Å²) >= 11 is 9.58. The largest absolute Gasteiger partial charge is 0.366 e. The molecule has 1 N–H and O–H groups in total. The van der Waals surface area contributed by atoms with Crippen molar-refractivity contribution in [1.82, 2.24) is 5.32 Å². The summed E-state index contributed by atoms with van der Waals surface area (Å²) in [5.41, 5.74) is 1.27. The molecule has 2 nitrogen and oxygen atoms in total. The van der Waals surface area contributed by atoms with Crippen LogP contribution in [0.5, 0.6) is 0 Å². The Hall–Kier alpha value is -0.250. The molecule has 0 radical (unpaired) electrons. The minimum Gasteiger partial charge on any atom is -0.366 e. The summed E-state index contributed by atoms with van der Waals surface area (Å²) in [5, 5.41) is 4.46. The van der Waals surface area contributed by atoms with Crippen molar-refractivity contribution >= 4 is 33.2 Å². The molecule has 1 aromatic carbocycles. The molecule has 3 rings (SSSR count). The molecular formula is C14H18BrClN2. The van der Waals surface area contributed by atoms with Gasteiger partial charge < -0.3 is 10.2 Å². The van der Waals surface area contributed by atoms with Gasteiger partial charge in [0, 0.05) is 35.3 Å². The van der Waals surface area contributed by atoms with Crippen LogP contribution in [0.1, 0.15) is 19.8 Å². The van der Waals surface area contributed by atoms with Crippen LogP contribution in [0.2, 0.25) is 5.02 Å². The lowest BCUT2D eigenvalue weighted by Gasteiger charge is -2.40. The maximum atomic E-state index is 6.07. The van der Waals surface area contributed by atoms with E-state index in [4.69, 9.17) is 11.6 Å². The third-order valence-electron chi connectivity index (χ3n) is 4.03. The predicted octanol–water partition coefficient (Wildman–Crippen LogP) is 3.68. The van der Waals surface area contributed by atoms with E-state index >= 15 is 0 Å². The Labute approximate surface area is 122 Å². The quantitative estimate of drug-likeness (QED) is 0.890. The minimum atomic E-state index is 0.535. The minimum absolute atomic E-state index is 0.535. The fourth-order valence-electron chi connectivity index (χ4n) is 2.73. The van der Waals surface area contributed by atoms with Crippen LogP contribution in [0.3, 0.4) is 0 Å². The van der Waals surface area contributed by atoms with E-state index in [0.29, 0.717) is 12.1 Å². The normalized spacial score (nSPS) is 28.5. The molecule has 98 valence electrons. The van der Waals surface area contributed by atoms with Crippen molar-refractivity contribution in [2.75, 3.05) is 18.0 Å². The Kier molecular flexibility index (Phi) is 3.57. The first-order valence-electron chi connectivity index (χ1n) is 6.60. The first kappa shape index (κ1) is 12.8. The SMILES string of the molecule is CC1CNC(C2CC2)CN1c1ccc(Cl)c(Br)c1. The standard InChI is InChI=1S/C14H18BrClN2/c1-9-7-17-14(10-2-3-10)8-18(9)11-4-5-13(16)12(15)6-11/h4-6,9-10,14,17H,2-3,7-8H2,1H3. The molecule has 2 atom stereocenters. The molecule has 1 aliphatic carbocycles. The predicted molar refractivity (Wildman–Crippen MR) is 80.5 cm³/mol. The highest BCUT2D eigenvalue weighted by atomic mass is 79.9. The highest BCUT2D eigenvalue weighted by Gasteiger charge is 2.36. The third-order valence-corrected chi connectivity index (χ3v) is 5.24. The molecule has 4 heteroatoms. The van der Waals surface area contributed by atoms with Crippen LogP contribution in [0.4, 0.5) is 5.69 Å². The molecule has 2 unspecified atom stereocenters. The van der Waals surface area contributed by atoms with Crippen molar-refractivity contribution in [3.63, 3.8) is 0 Å². The lowest BCUT2D eigenvalue weighted by atomic mass is 10.1. The number of halogens is 2. The van der Waals surface area contributed by atoms with Gasteiger partial charge in [-0.15, -0.1) is 0 Å². The summed E-state index contributed by atoms with van der Waals surface area (Å²) in [6.45, 7) is 4.46. The van der Waals surface area contributed by atoms with Gasteiger partial charge in [-0.2, -0.15) is 0 Å². The molecular weight excluding hydrogens is 312 g/mol. The number of rotatable bonds is 2. The van der Waals surface area contributed by atoms with Gasteiger partial charge in [0.1, 0.15) is 0 Å². The van der Waals surface area contributed by atoms with Gasteiger partial charge in [-0.1, -0.05) is 11.6 Å². The fraction of sp³-hybridized carbons (Fsp3) is 0.571. The van der Waals surface area contributed by atoms with Crippen molar-refractivity contribution in [3.05, 3.63) is 27.7 Å². The van der Waals surface area contributed by atoms with Gasteiger partial charge >= 0.3 is 0 Å². The van der Waals surface area contributed by atoms with E-state index in [1.807, 2.05) is 6.07 Å². The van der Waals surface area contributed by atoms with Crippen LogP contribution in [-0.4, -0.2) is 25.2 Å². The summed E-state index contributed by atoms with van der Waals surface area (Å²) in [6, 6.07) is 7.43. The molecule has 1 aliphatic heterocycles. The number of benzene rings is 1. The van der Waals surface area contributed by atoms with E-state index in [1.54, 1.807) is 0 Å². The van der Waals surface area contributed by atoms with Crippen molar-refractivity contribution in [1.29, 1.82) is 0 Å². The molecule has 1 aromatic rings. The van der Waals surface area contributed by atoms with Gasteiger partial charge in [0.15, 0.2) is 0 Å². The third kappa shape index (κ3) is 2.54. The Morgan fingerprint density at radius 3 is 2.83 bits per heavy atom. The number of hydrogen-bond donors (Lipinski definition) is 1. The number of nitrogens with zero attached hydrogens (tertiary/aromatic N) is 1. The summed E-state index contributed by atoms with van der Waals surface area (Å²) in [4.78, 5) is 2.50. The molecule has 0 aromatic heterocycles. The summed E-state index contributed by atoms with van der Waals surface area (Å²) in [5.74, 6) is 0.899. The van der Waals surface area contributed by atoms with Gasteiger partial charge in [-0.3, -0.25) is 0 Å². The fourth-order valence-corrected chi connectivity index (χ4v) is 3.21. The van der Waals surface area contributed by atoms with Crippen molar-refractivity contribution in [2.24, 2.45) is 5.92 Å². The van der Waals surface area contributed by atoms with E-state index in [2.05, 4.69) is 45.2 Å². The molecule has 18 heavy (non-hydrogen) atoms. The molecule has 0 bridgehead atoms. The zero-order chi connectivity index (χ0) is 12.7. The van der Waals surface area contributed by atoms with Gasteiger partial charge in [0.2, 0.25) is 0 Å². The topological polar surface area (TPSA) is 15.3 Å². The van der Waals surface area contributed by atoms with E-state index in [9.17, 15) is 0 Å². The first-order chi connectivity index (χ1) is 8.65. The second kappa shape index (κ2) is 5.03. The lowest BCUT2D eigenvalue weighted by molar-refractivity contribution is 0.376. The average Bonchev–Trinajstić information content (AvgIpc) is 3.18. The average molecular weight is 330 g/mol. The highest BCUT2D eigenvalue weighted by molar-refractivity contribution is 9.10. The molecule has 2 aliphatic rings. The highest BCUT2D eigenvalue weighted by Crippen LogP contribution is 2.36. The van der Waals surface area contributed by atoms with Crippen LogP contribution in [0, 0.1) is 5.92 Å². The molecule has 0 spiro atoms. The maximum absolute atomic E-state index is 6.07. The maximum Gasteiger partial charge on any atom is 0.0549 e. The van der Waals surface area contributed by atoms with Gasteiger partial charge in [0.25, 0.3) is 0 Å². The number of hydrogen-bond acceptors (Lipinski definition) is 2. The Bertz CT molecular complexity index is 447. The van der Waals surface area contributed by atoms with Crippen LogP contribution in [-0.2, 0) is 0 Å². The molecule has 1 saturated heterocycles. The van der Waals surface area contributed by atoms with E-state index in [0.717, 1.165) is 28.5 Å². The summed E-state index contributed by atoms with van der Waals surface area (Å²) < 4.78 is 0.982. The van der Waals surface area contributed by atoms with Crippen molar-refractivity contribution < 1.29 is 0 Å². The van der Waals surface area contributed by atoms with Gasteiger partial charge in [0.05, 0.1) is 5.02 Å². The first-order valence-corrected chi connectivity index (χ1v) is 7.77. The summed E-state index contributed by atoms with van der Waals surface area (Å²) in [7, 11) is 0. The number of piperazine rings is 1. The monoisotopic (exact) mass is 328 g/mol. The van der Waals surface area contributed by atoms with Crippen molar-refractivity contribution in [3.8, 4) is 0 Å². The zero-order valence-electron chi connectivity index (χ0n) is 10.5. The van der Waals surface area contributed by atoms with Crippen LogP contribution >= 0.6 is 27.5 Å². The number of nitrogens with one attached hydrogen (secondary N) is 1. The van der Waals surface area contributed by atoms with Crippen LogP contribution in [0.15, 0.2) is 22.7 Å². The van der Waals surface area contributed by atoms with Gasteiger partial charge in [-0.25, -0.2) is 0 Å². The van der Waals surface area contributed by atoms with E-state index in [1.165, 1.54) is 18.5 Å². The summed E-state index contributed by atoms with van der Waals surface area (Å²) in [6.07, 6.45) is 2.79. The number of anilines is 1. The van der Waals surface area contributed by atoms with Gasteiger partial charge in [-0.05, 0) is 59.8 Å². The van der Waals surface area contributed by atoms with Crippen LogP contribution < -0.4 is 10.2 Å². The van der Waals surface area contributed by atoms with E-state index in [-0.39, 0.29) is 0 Å².